The summed E-state index contributed by atoms with van der Waals surface area (Å²) in [5.41, 5.74) is 4.28. The van der Waals surface area contributed by atoms with Crippen molar-refractivity contribution < 1.29 is 14.7 Å². The van der Waals surface area contributed by atoms with E-state index in [1.807, 2.05) is 0 Å². The van der Waals surface area contributed by atoms with Gasteiger partial charge in [-0.15, -0.1) is 0 Å². The fourth-order valence-corrected chi connectivity index (χ4v) is 2.57. The minimum Gasteiger partial charge on any atom is -0.388 e. The highest BCUT2D eigenvalue weighted by atomic mass is 32.2. The molecule has 0 aromatic heterocycles. The quantitative estimate of drug-likeness (QED) is 0.562. The van der Waals surface area contributed by atoms with Crippen molar-refractivity contribution in [3.63, 3.8) is 0 Å². The van der Waals surface area contributed by atoms with Crippen LogP contribution in [0.5, 0.6) is 0 Å². The highest BCUT2D eigenvalue weighted by molar-refractivity contribution is 7.99. The maximum Gasteiger partial charge on any atom is 0.227 e. The molecule has 1 fully saturated rings. The molecule has 1 aliphatic carbocycles. The second kappa shape index (κ2) is 6.86. The van der Waals surface area contributed by atoms with Gasteiger partial charge in [0.15, 0.2) is 0 Å². The molecule has 2 amide bonds. The lowest BCUT2D eigenvalue weighted by molar-refractivity contribution is -0.122. The minimum absolute atomic E-state index is 0.0812. The molecule has 5 nitrogen and oxygen atoms in total. The summed E-state index contributed by atoms with van der Waals surface area (Å²) in [5.74, 6) is 0.378. The minimum atomic E-state index is -0.698. The molecule has 0 heterocycles. The maximum atomic E-state index is 11.4. The van der Waals surface area contributed by atoms with E-state index in [0.717, 1.165) is 25.7 Å². The van der Waals surface area contributed by atoms with Gasteiger partial charge in [-0.05, 0) is 12.8 Å². The topological polar surface area (TPSA) is 92.4 Å². The van der Waals surface area contributed by atoms with Crippen molar-refractivity contribution in [2.75, 3.05) is 18.1 Å². The number of nitrogens with two attached hydrogens (primary N) is 1. The van der Waals surface area contributed by atoms with Crippen LogP contribution in [0.1, 0.15) is 32.1 Å². The number of amides is 2. The van der Waals surface area contributed by atoms with Crippen LogP contribution in [0.2, 0.25) is 0 Å². The molecule has 0 saturated heterocycles. The Morgan fingerprint density at radius 1 is 1.35 bits per heavy atom. The molecule has 1 saturated carbocycles. The van der Waals surface area contributed by atoms with Crippen LogP contribution >= 0.6 is 11.8 Å². The lowest BCUT2D eigenvalue weighted by Gasteiger charge is -2.22. The Kier molecular flexibility index (Phi) is 5.77. The zero-order valence-electron chi connectivity index (χ0n) is 9.91. The zero-order chi connectivity index (χ0) is 12.7. The van der Waals surface area contributed by atoms with Gasteiger partial charge >= 0.3 is 0 Å². The van der Waals surface area contributed by atoms with Gasteiger partial charge in [0.05, 0.1) is 11.4 Å². The van der Waals surface area contributed by atoms with Crippen molar-refractivity contribution in [3.05, 3.63) is 0 Å². The van der Waals surface area contributed by atoms with Crippen molar-refractivity contribution in [3.8, 4) is 0 Å². The van der Waals surface area contributed by atoms with Crippen LogP contribution in [0, 0.1) is 0 Å². The van der Waals surface area contributed by atoms with E-state index in [1.165, 1.54) is 11.8 Å². The summed E-state index contributed by atoms with van der Waals surface area (Å²) in [5, 5.41) is 12.7. The molecule has 0 aliphatic heterocycles. The van der Waals surface area contributed by atoms with Gasteiger partial charge in [0.2, 0.25) is 11.8 Å². The van der Waals surface area contributed by atoms with Crippen LogP contribution in [0.15, 0.2) is 0 Å². The van der Waals surface area contributed by atoms with E-state index in [2.05, 4.69) is 5.32 Å². The highest BCUT2D eigenvalue weighted by Crippen LogP contribution is 2.28. The number of hydrogen-bond donors (Lipinski definition) is 3. The summed E-state index contributed by atoms with van der Waals surface area (Å²) < 4.78 is 0. The van der Waals surface area contributed by atoms with E-state index in [9.17, 15) is 14.7 Å². The van der Waals surface area contributed by atoms with Gasteiger partial charge in [-0.1, -0.05) is 12.8 Å². The molecule has 4 N–H and O–H groups in total. The Hall–Kier alpha value is -0.750. The number of primary amides is 1. The Bertz CT molecular complexity index is 278. The summed E-state index contributed by atoms with van der Waals surface area (Å²) in [6, 6.07) is 0. The third kappa shape index (κ3) is 5.93. The molecule has 1 aliphatic rings. The van der Waals surface area contributed by atoms with E-state index in [-0.39, 0.29) is 17.6 Å². The standard InChI is InChI=1S/C11H20N2O3S/c12-9(14)7-17-6-3-10(15)13-8-11(16)4-1-2-5-11/h16H,1-8H2,(H2,12,14)(H,13,15). The highest BCUT2D eigenvalue weighted by Gasteiger charge is 2.31. The van der Waals surface area contributed by atoms with Crippen LogP contribution in [0.4, 0.5) is 0 Å². The molecule has 17 heavy (non-hydrogen) atoms. The number of thioether (sulfide) groups is 1. The SMILES string of the molecule is NC(=O)CSCCC(=O)NCC1(O)CCCC1. The molecule has 0 unspecified atom stereocenters. The largest absolute Gasteiger partial charge is 0.388 e. The van der Waals surface area contributed by atoms with Gasteiger partial charge in [0, 0.05) is 18.7 Å². The van der Waals surface area contributed by atoms with Crippen LogP contribution in [-0.2, 0) is 9.59 Å². The number of carbonyl (C=O) groups is 2. The summed E-state index contributed by atoms with van der Waals surface area (Å²) in [4.78, 5) is 21.9. The first-order chi connectivity index (χ1) is 8.02. The van der Waals surface area contributed by atoms with Gasteiger partial charge < -0.3 is 16.2 Å². The molecule has 6 heteroatoms. The Morgan fingerprint density at radius 3 is 2.59 bits per heavy atom. The van der Waals surface area contributed by atoms with Crippen molar-refractivity contribution >= 4 is 23.6 Å². The van der Waals surface area contributed by atoms with Crippen molar-refractivity contribution in [2.24, 2.45) is 5.73 Å². The van der Waals surface area contributed by atoms with Gasteiger partial charge in [0.25, 0.3) is 0 Å². The van der Waals surface area contributed by atoms with Crippen molar-refractivity contribution in [1.29, 1.82) is 0 Å². The number of hydrogen-bond acceptors (Lipinski definition) is 4. The van der Waals surface area contributed by atoms with Gasteiger partial charge in [-0.2, -0.15) is 11.8 Å². The Morgan fingerprint density at radius 2 is 2.00 bits per heavy atom. The van der Waals surface area contributed by atoms with Crippen LogP contribution in [0.3, 0.4) is 0 Å². The number of rotatable bonds is 7. The van der Waals surface area contributed by atoms with Crippen LogP contribution < -0.4 is 11.1 Å². The molecule has 0 radical (unpaired) electrons. The predicted molar refractivity (Wildman–Crippen MR) is 67.6 cm³/mol. The van der Waals surface area contributed by atoms with E-state index in [1.54, 1.807) is 0 Å². The summed E-state index contributed by atoms with van der Waals surface area (Å²) >= 11 is 1.35. The second-order valence-electron chi connectivity index (χ2n) is 4.48. The van der Waals surface area contributed by atoms with E-state index in [0.29, 0.717) is 18.7 Å². The summed E-state index contributed by atoms with van der Waals surface area (Å²) in [7, 11) is 0. The first-order valence-electron chi connectivity index (χ1n) is 5.87. The average Bonchev–Trinajstić information content (AvgIpc) is 2.69. The zero-order valence-corrected chi connectivity index (χ0v) is 10.7. The molecule has 0 spiro atoms. The smallest absolute Gasteiger partial charge is 0.227 e. The van der Waals surface area contributed by atoms with Crippen molar-refractivity contribution in [2.45, 2.75) is 37.7 Å². The van der Waals surface area contributed by atoms with Gasteiger partial charge in [-0.25, -0.2) is 0 Å². The van der Waals surface area contributed by atoms with E-state index < -0.39 is 5.60 Å². The van der Waals surface area contributed by atoms with Crippen LogP contribution in [0.25, 0.3) is 0 Å². The fourth-order valence-electron chi connectivity index (χ4n) is 1.90. The fraction of sp³-hybridized carbons (Fsp3) is 0.818. The molecule has 98 valence electrons. The monoisotopic (exact) mass is 260 g/mol. The first-order valence-corrected chi connectivity index (χ1v) is 7.02. The Balaban J connectivity index is 2.06. The molecule has 0 atom stereocenters. The lowest BCUT2D eigenvalue weighted by atomic mass is 10.0. The van der Waals surface area contributed by atoms with E-state index in [4.69, 9.17) is 5.73 Å². The third-order valence-electron chi connectivity index (χ3n) is 2.87. The predicted octanol–water partition coefficient (Wildman–Crippen LogP) is 0.0163. The average molecular weight is 260 g/mol. The Labute approximate surface area is 106 Å². The second-order valence-corrected chi connectivity index (χ2v) is 5.58. The number of nitrogens with one attached hydrogen (secondary N) is 1. The maximum absolute atomic E-state index is 11.4. The third-order valence-corrected chi connectivity index (χ3v) is 3.85. The molecule has 1 rings (SSSR count). The summed E-state index contributed by atoms with van der Waals surface area (Å²) in [6.07, 6.45) is 3.95. The van der Waals surface area contributed by atoms with Gasteiger partial charge in [0.1, 0.15) is 0 Å². The first kappa shape index (κ1) is 14.3. The number of aliphatic hydroxyl groups is 1. The molecular formula is C11H20N2O3S. The lowest BCUT2D eigenvalue weighted by Crippen LogP contribution is -2.40. The molecular weight excluding hydrogens is 240 g/mol. The van der Waals surface area contributed by atoms with Crippen LogP contribution in [-0.4, -0.2) is 40.6 Å². The molecule has 0 bridgehead atoms. The molecule has 0 aromatic carbocycles. The normalized spacial score (nSPS) is 17.9. The summed E-state index contributed by atoms with van der Waals surface area (Å²) in [6.45, 7) is 0.340. The van der Waals surface area contributed by atoms with E-state index >= 15 is 0 Å². The molecule has 0 aromatic rings. The van der Waals surface area contributed by atoms with Crippen molar-refractivity contribution in [1.82, 2.24) is 5.32 Å². The number of carbonyl (C=O) groups excluding carboxylic acids is 2. The van der Waals surface area contributed by atoms with Gasteiger partial charge in [-0.3, -0.25) is 9.59 Å².